The quantitative estimate of drug-likeness (QED) is 0.668. The Bertz CT molecular complexity index is 838. The van der Waals surface area contributed by atoms with Gasteiger partial charge in [-0.2, -0.15) is 0 Å². The van der Waals surface area contributed by atoms with Crippen molar-refractivity contribution in [3.8, 4) is 0 Å². The summed E-state index contributed by atoms with van der Waals surface area (Å²) in [4.78, 5) is 26.0. The summed E-state index contributed by atoms with van der Waals surface area (Å²) in [5.74, 6) is -0.0741. The molecule has 0 aromatic heterocycles. The molecule has 3 rings (SSSR count). The van der Waals surface area contributed by atoms with Gasteiger partial charge < -0.3 is 10.2 Å². The maximum absolute atomic E-state index is 12.5. The highest BCUT2D eigenvalue weighted by atomic mass is 32.2. The molecule has 7 nitrogen and oxygen atoms in total. The molecule has 0 unspecified atom stereocenters. The number of likely N-dealkylation sites (tertiary alicyclic amines) is 1. The van der Waals surface area contributed by atoms with Gasteiger partial charge in [-0.1, -0.05) is 12.5 Å². The van der Waals surface area contributed by atoms with Crippen LogP contribution < -0.4 is 10.0 Å². The molecule has 160 valence electrons. The molecule has 1 fully saturated rings. The van der Waals surface area contributed by atoms with Crippen molar-refractivity contribution in [2.45, 2.75) is 62.7 Å². The zero-order chi connectivity index (χ0) is 20.7. The molecule has 1 aromatic rings. The molecular formula is C21H31N3O4S. The smallest absolute Gasteiger partial charge is 0.240 e. The lowest BCUT2D eigenvalue weighted by atomic mass is 9.92. The van der Waals surface area contributed by atoms with E-state index in [4.69, 9.17) is 0 Å². The Balaban J connectivity index is 1.40. The van der Waals surface area contributed by atoms with Crippen molar-refractivity contribution >= 4 is 21.8 Å². The molecule has 0 spiro atoms. The molecule has 2 amide bonds. The van der Waals surface area contributed by atoms with Crippen LogP contribution in [0.2, 0.25) is 0 Å². The van der Waals surface area contributed by atoms with Gasteiger partial charge in [-0.3, -0.25) is 9.59 Å². The summed E-state index contributed by atoms with van der Waals surface area (Å²) in [6, 6.07) is 5.31. The number of hydrogen-bond donors (Lipinski definition) is 2. The highest BCUT2D eigenvalue weighted by Crippen LogP contribution is 2.24. The highest BCUT2D eigenvalue weighted by Gasteiger charge is 2.18. The van der Waals surface area contributed by atoms with E-state index < -0.39 is 10.0 Å². The van der Waals surface area contributed by atoms with Crippen molar-refractivity contribution in [1.82, 2.24) is 14.9 Å². The van der Waals surface area contributed by atoms with E-state index in [1.54, 1.807) is 17.0 Å². The van der Waals surface area contributed by atoms with E-state index >= 15 is 0 Å². The van der Waals surface area contributed by atoms with Crippen molar-refractivity contribution in [1.29, 1.82) is 0 Å². The first-order valence-corrected chi connectivity index (χ1v) is 12.1. The second kappa shape index (κ2) is 10.2. The van der Waals surface area contributed by atoms with Crippen molar-refractivity contribution in [3.05, 3.63) is 29.3 Å². The number of carbonyl (C=O) groups is 2. The van der Waals surface area contributed by atoms with E-state index in [2.05, 4.69) is 10.0 Å². The number of aryl methyl sites for hydroxylation is 2. The second-order valence-corrected chi connectivity index (χ2v) is 9.59. The van der Waals surface area contributed by atoms with Gasteiger partial charge in [-0.25, -0.2) is 13.1 Å². The van der Waals surface area contributed by atoms with Crippen LogP contribution in [0.15, 0.2) is 23.1 Å². The van der Waals surface area contributed by atoms with E-state index in [0.29, 0.717) is 19.5 Å². The first kappa shape index (κ1) is 21.8. The normalized spacial score (nSPS) is 17.5. The number of rotatable bonds is 8. The fraction of sp³-hybridized carbons (Fsp3) is 0.619. The Morgan fingerprint density at radius 2 is 1.72 bits per heavy atom. The molecule has 2 aliphatic rings. The third-order valence-electron chi connectivity index (χ3n) is 5.65. The lowest BCUT2D eigenvalue weighted by Gasteiger charge is -2.20. The Labute approximate surface area is 173 Å². The van der Waals surface area contributed by atoms with Gasteiger partial charge in [0.15, 0.2) is 0 Å². The topological polar surface area (TPSA) is 95.6 Å². The van der Waals surface area contributed by atoms with E-state index in [0.717, 1.165) is 57.1 Å². The van der Waals surface area contributed by atoms with Gasteiger partial charge in [0.1, 0.15) is 0 Å². The van der Waals surface area contributed by atoms with Gasteiger partial charge in [-0.15, -0.1) is 0 Å². The number of nitrogens with one attached hydrogen (secondary N) is 2. The number of fused-ring (bicyclic) bond motifs is 1. The summed E-state index contributed by atoms with van der Waals surface area (Å²) >= 11 is 0. The van der Waals surface area contributed by atoms with Crippen LogP contribution in [0.5, 0.6) is 0 Å². The molecule has 1 aliphatic carbocycles. The van der Waals surface area contributed by atoms with Crippen LogP contribution in [0.25, 0.3) is 0 Å². The maximum Gasteiger partial charge on any atom is 0.240 e. The molecule has 1 aliphatic heterocycles. The lowest BCUT2D eigenvalue weighted by Crippen LogP contribution is -2.39. The monoisotopic (exact) mass is 421 g/mol. The van der Waals surface area contributed by atoms with Crippen LogP contribution in [0.4, 0.5) is 0 Å². The molecule has 1 aromatic carbocycles. The van der Waals surface area contributed by atoms with Crippen molar-refractivity contribution in [2.75, 3.05) is 26.2 Å². The predicted octanol–water partition coefficient (Wildman–Crippen LogP) is 1.75. The second-order valence-electron chi connectivity index (χ2n) is 7.83. The minimum absolute atomic E-state index is 0.0495. The van der Waals surface area contributed by atoms with Gasteiger partial charge in [0, 0.05) is 39.0 Å². The molecule has 0 atom stereocenters. The Morgan fingerprint density at radius 1 is 0.966 bits per heavy atom. The van der Waals surface area contributed by atoms with Crippen molar-refractivity contribution in [3.63, 3.8) is 0 Å². The van der Waals surface area contributed by atoms with E-state index in [9.17, 15) is 18.0 Å². The zero-order valence-corrected chi connectivity index (χ0v) is 17.7. The number of hydrogen-bond acceptors (Lipinski definition) is 4. The number of benzene rings is 1. The maximum atomic E-state index is 12.5. The Morgan fingerprint density at radius 3 is 2.55 bits per heavy atom. The fourth-order valence-corrected chi connectivity index (χ4v) is 5.03. The standard InChI is InChI=1S/C21H31N3O4S/c25-20(22-13-15-24-14-5-1-2-8-21(24)26)11-12-23-29(27,28)19-10-9-17-6-3-4-7-18(17)16-19/h9-10,16,23H,1-8,11-15H2,(H,22,25). The summed E-state index contributed by atoms with van der Waals surface area (Å²) in [6.07, 6.45) is 7.82. The van der Waals surface area contributed by atoms with Crippen LogP contribution in [0, 0.1) is 0 Å². The van der Waals surface area contributed by atoms with Crippen LogP contribution in [-0.2, 0) is 32.5 Å². The largest absolute Gasteiger partial charge is 0.354 e. The number of nitrogens with zero attached hydrogens (tertiary/aromatic N) is 1. The first-order chi connectivity index (χ1) is 14.0. The molecule has 0 radical (unpaired) electrons. The van der Waals surface area contributed by atoms with Gasteiger partial charge in [0.05, 0.1) is 4.90 Å². The average molecular weight is 422 g/mol. The molecule has 1 heterocycles. The molecule has 0 saturated carbocycles. The van der Waals surface area contributed by atoms with Gasteiger partial charge in [-0.05, 0) is 61.8 Å². The van der Waals surface area contributed by atoms with E-state index in [1.165, 1.54) is 5.56 Å². The van der Waals surface area contributed by atoms with Gasteiger partial charge in [0.2, 0.25) is 21.8 Å². The summed E-state index contributed by atoms with van der Waals surface area (Å²) < 4.78 is 27.5. The third kappa shape index (κ3) is 6.27. The van der Waals surface area contributed by atoms with Gasteiger partial charge in [0.25, 0.3) is 0 Å². The lowest BCUT2D eigenvalue weighted by molar-refractivity contribution is -0.131. The molecule has 1 saturated heterocycles. The SMILES string of the molecule is O=C(CCNS(=O)(=O)c1ccc2c(c1)CCCC2)NCCN1CCCCCC1=O. The number of carbonyl (C=O) groups excluding carboxylic acids is 2. The summed E-state index contributed by atoms with van der Waals surface area (Å²) in [7, 11) is -3.62. The van der Waals surface area contributed by atoms with Crippen LogP contribution in [0.1, 0.15) is 56.1 Å². The predicted molar refractivity (Wildman–Crippen MR) is 111 cm³/mol. The number of sulfonamides is 1. The van der Waals surface area contributed by atoms with Gasteiger partial charge >= 0.3 is 0 Å². The minimum Gasteiger partial charge on any atom is -0.354 e. The Kier molecular flexibility index (Phi) is 7.66. The van der Waals surface area contributed by atoms with Crippen molar-refractivity contribution < 1.29 is 18.0 Å². The van der Waals surface area contributed by atoms with Crippen LogP contribution in [0.3, 0.4) is 0 Å². The Hall–Kier alpha value is -1.93. The van der Waals surface area contributed by atoms with Crippen LogP contribution >= 0.6 is 0 Å². The molecular weight excluding hydrogens is 390 g/mol. The average Bonchev–Trinajstić information content (AvgIpc) is 2.91. The molecule has 8 heteroatoms. The minimum atomic E-state index is -3.62. The summed E-state index contributed by atoms with van der Waals surface area (Å²) in [5.41, 5.74) is 2.34. The summed E-state index contributed by atoms with van der Waals surface area (Å²) in [5, 5.41) is 2.77. The molecule has 2 N–H and O–H groups in total. The third-order valence-corrected chi connectivity index (χ3v) is 7.11. The van der Waals surface area contributed by atoms with E-state index in [1.807, 2.05) is 6.07 Å². The van der Waals surface area contributed by atoms with Crippen molar-refractivity contribution in [2.24, 2.45) is 0 Å². The first-order valence-electron chi connectivity index (χ1n) is 10.6. The van der Waals surface area contributed by atoms with E-state index in [-0.39, 0.29) is 29.7 Å². The van der Waals surface area contributed by atoms with Crippen LogP contribution in [-0.4, -0.2) is 51.3 Å². The molecule has 0 bridgehead atoms. The summed E-state index contributed by atoms with van der Waals surface area (Å²) in [6.45, 7) is 1.69. The molecule has 29 heavy (non-hydrogen) atoms. The highest BCUT2D eigenvalue weighted by molar-refractivity contribution is 7.89. The fourth-order valence-electron chi connectivity index (χ4n) is 3.95. The number of amides is 2. The zero-order valence-electron chi connectivity index (χ0n) is 16.9.